The first kappa shape index (κ1) is 21.1. The highest BCUT2D eigenvalue weighted by Gasteiger charge is 2.34. The maximum atomic E-state index is 5.65. The number of ether oxygens (including phenoxy) is 4. The van der Waals surface area contributed by atoms with Gasteiger partial charge in [0, 0.05) is 25.2 Å². The molecule has 1 aliphatic heterocycles. The molecule has 1 saturated heterocycles. The van der Waals surface area contributed by atoms with Gasteiger partial charge in [-0.05, 0) is 36.5 Å². The molecular formula is C19H31ClN2O4. The molecule has 1 aromatic carbocycles. The topological polar surface area (TPSA) is 61.0 Å². The van der Waals surface area contributed by atoms with Crippen LogP contribution in [0, 0.1) is 5.92 Å². The number of methoxy groups -OCH3 is 3. The molecule has 0 spiro atoms. The van der Waals surface area contributed by atoms with Crippen molar-refractivity contribution < 1.29 is 18.9 Å². The van der Waals surface area contributed by atoms with Crippen LogP contribution in [0.15, 0.2) is 12.1 Å². The van der Waals surface area contributed by atoms with Crippen LogP contribution in [-0.4, -0.2) is 53.2 Å². The molecule has 2 N–H and O–H groups in total. The summed E-state index contributed by atoms with van der Waals surface area (Å²) in [6, 6.07) is 5.01. The molecule has 2 aliphatic rings. The van der Waals surface area contributed by atoms with E-state index in [1.165, 1.54) is 19.3 Å². The highest BCUT2D eigenvalue weighted by molar-refractivity contribution is 5.85. The van der Waals surface area contributed by atoms with Gasteiger partial charge in [0.25, 0.3) is 0 Å². The summed E-state index contributed by atoms with van der Waals surface area (Å²) in [4.78, 5) is 0. The molecule has 1 aromatic rings. The van der Waals surface area contributed by atoms with E-state index in [2.05, 4.69) is 10.6 Å². The number of hydrogen-bond acceptors (Lipinski definition) is 6. The maximum absolute atomic E-state index is 5.65. The smallest absolute Gasteiger partial charge is 0.203 e. The highest BCUT2D eigenvalue weighted by Crippen LogP contribution is 2.38. The minimum absolute atomic E-state index is 0. The zero-order valence-electron chi connectivity index (χ0n) is 15.9. The monoisotopic (exact) mass is 386 g/mol. The average molecular weight is 387 g/mol. The van der Waals surface area contributed by atoms with Gasteiger partial charge in [-0.1, -0.05) is 6.42 Å². The van der Waals surface area contributed by atoms with Crippen molar-refractivity contribution in [1.82, 2.24) is 10.6 Å². The van der Waals surface area contributed by atoms with Gasteiger partial charge in [0.2, 0.25) is 5.75 Å². The molecular weight excluding hydrogens is 356 g/mol. The second-order valence-electron chi connectivity index (χ2n) is 6.75. The Morgan fingerprint density at radius 2 is 1.85 bits per heavy atom. The van der Waals surface area contributed by atoms with Crippen LogP contribution in [0.5, 0.6) is 17.2 Å². The van der Waals surface area contributed by atoms with Gasteiger partial charge in [-0.2, -0.15) is 0 Å². The van der Waals surface area contributed by atoms with Crippen LogP contribution in [0.1, 0.15) is 24.8 Å². The lowest BCUT2D eigenvalue weighted by Gasteiger charge is -2.33. The SMILES string of the molecule is COc1cc(CNC2CCCC2C2COCCN2)cc(OC)c1OC.Cl. The van der Waals surface area contributed by atoms with Crippen molar-refractivity contribution in [2.75, 3.05) is 41.1 Å². The lowest BCUT2D eigenvalue weighted by molar-refractivity contribution is 0.0524. The first-order valence-electron chi connectivity index (χ1n) is 9.10. The molecule has 3 rings (SSSR count). The van der Waals surface area contributed by atoms with Gasteiger partial charge in [-0.15, -0.1) is 12.4 Å². The number of nitrogens with one attached hydrogen (secondary N) is 2. The van der Waals surface area contributed by atoms with Crippen LogP contribution in [0.4, 0.5) is 0 Å². The third kappa shape index (κ3) is 4.74. The summed E-state index contributed by atoms with van der Waals surface area (Å²) < 4.78 is 21.9. The number of rotatable bonds is 7. The van der Waals surface area contributed by atoms with E-state index in [1.54, 1.807) is 21.3 Å². The Morgan fingerprint density at radius 1 is 1.12 bits per heavy atom. The van der Waals surface area contributed by atoms with E-state index in [1.807, 2.05) is 12.1 Å². The summed E-state index contributed by atoms with van der Waals surface area (Å²) in [5, 5.41) is 7.36. The zero-order valence-corrected chi connectivity index (χ0v) is 16.7. The molecule has 7 heteroatoms. The summed E-state index contributed by atoms with van der Waals surface area (Å²) in [5.74, 6) is 2.66. The summed E-state index contributed by atoms with van der Waals surface area (Å²) >= 11 is 0. The Hall–Kier alpha value is -1.21. The van der Waals surface area contributed by atoms with Gasteiger partial charge in [0.05, 0.1) is 34.5 Å². The number of benzene rings is 1. The van der Waals surface area contributed by atoms with Crippen molar-refractivity contribution in [3.8, 4) is 17.2 Å². The normalized spacial score (nSPS) is 25.4. The van der Waals surface area contributed by atoms with E-state index < -0.39 is 0 Å². The van der Waals surface area contributed by atoms with E-state index in [9.17, 15) is 0 Å². The standard InChI is InChI=1S/C19H30N2O4.ClH/c1-22-17-9-13(10-18(23-2)19(17)24-3)11-21-15-6-4-5-14(15)16-12-25-8-7-20-16;/h9-10,14-16,20-21H,4-8,11-12H2,1-3H3;1H. The van der Waals surface area contributed by atoms with E-state index in [-0.39, 0.29) is 12.4 Å². The van der Waals surface area contributed by atoms with Gasteiger partial charge in [-0.3, -0.25) is 0 Å². The Kier molecular flexibility index (Phi) is 8.28. The third-order valence-corrected chi connectivity index (χ3v) is 5.33. The predicted octanol–water partition coefficient (Wildman–Crippen LogP) is 2.38. The van der Waals surface area contributed by atoms with Crippen molar-refractivity contribution in [2.45, 2.75) is 37.9 Å². The number of hydrogen-bond donors (Lipinski definition) is 2. The van der Waals surface area contributed by atoms with Crippen LogP contribution in [0.25, 0.3) is 0 Å². The summed E-state index contributed by atoms with van der Waals surface area (Å²) in [6.45, 7) is 3.39. The Bertz CT molecular complexity index is 541. The Balaban J connectivity index is 0.00000243. The summed E-state index contributed by atoms with van der Waals surface area (Å²) in [7, 11) is 4.92. The highest BCUT2D eigenvalue weighted by atomic mass is 35.5. The second kappa shape index (κ2) is 10.2. The fourth-order valence-corrected chi connectivity index (χ4v) is 4.07. The Morgan fingerprint density at radius 3 is 2.42 bits per heavy atom. The lowest BCUT2D eigenvalue weighted by Crippen LogP contribution is -2.50. The molecule has 1 heterocycles. The third-order valence-electron chi connectivity index (χ3n) is 5.33. The van der Waals surface area contributed by atoms with Crippen LogP contribution < -0.4 is 24.8 Å². The molecule has 6 nitrogen and oxygen atoms in total. The van der Waals surface area contributed by atoms with Gasteiger partial charge in [-0.25, -0.2) is 0 Å². The van der Waals surface area contributed by atoms with Gasteiger partial charge in [0.1, 0.15) is 0 Å². The molecule has 2 fully saturated rings. The van der Waals surface area contributed by atoms with Gasteiger partial charge < -0.3 is 29.6 Å². The van der Waals surface area contributed by atoms with Crippen molar-refractivity contribution in [2.24, 2.45) is 5.92 Å². The van der Waals surface area contributed by atoms with Gasteiger partial charge in [0.15, 0.2) is 11.5 Å². The zero-order chi connectivity index (χ0) is 17.6. The number of halogens is 1. The van der Waals surface area contributed by atoms with Crippen LogP contribution >= 0.6 is 12.4 Å². The predicted molar refractivity (Wildman–Crippen MR) is 104 cm³/mol. The van der Waals surface area contributed by atoms with E-state index in [0.717, 1.165) is 31.9 Å². The van der Waals surface area contributed by atoms with Crippen molar-refractivity contribution in [1.29, 1.82) is 0 Å². The molecule has 148 valence electrons. The van der Waals surface area contributed by atoms with Crippen LogP contribution in [0.3, 0.4) is 0 Å². The molecule has 1 saturated carbocycles. The number of morpholine rings is 1. The van der Waals surface area contributed by atoms with E-state index >= 15 is 0 Å². The second-order valence-corrected chi connectivity index (χ2v) is 6.75. The molecule has 3 atom stereocenters. The van der Waals surface area contributed by atoms with Crippen LogP contribution in [-0.2, 0) is 11.3 Å². The molecule has 3 unspecified atom stereocenters. The average Bonchev–Trinajstić information content (AvgIpc) is 3.14. The van der Waals surface area contributed by atoms with Crippen LogP contribution in [0.2, 0.25) is 0 Å². The summed E-state index contributed by atoms with van der Waals surface area (Å²) in [5.41, 5.74) is 1.13. The molecule has 1 aliphatic carbocycles. The molecule has 0 bridgehead atoms. The van der Waals surface area contributed by atoms with E-state index in [4.69, 9.17) is 18.9 Å². The van der Waals surface area contributed by atoms with Gasteiger partial charge >= 0.3 is 0 Å². The first-order valence-corrected chi connectivity index (χ1v) is 9.10. The minimum atomic E-state index is 0. The quantitative estimate of drug-likeness (QED) is 0.750. The fourth-order valence-electron chi connectivity index (χ4n) is 4.07. The summed E-state index contributed by atoms with van der Waals surface area (Å²) in [6.07, 6.45) is 3.75. The Labute approximate surface area is 162 Å². The van der Waals surface area contributed by atoms with E-state index in [0.29, 0.717) is 35.3 Å². The molecule has 0 radical (unpaired) electrons. The van der Waals surface area contributed by atoms with Crippen molar-refractivity contribution in [3.63, 3.8) is 0 Å². The fraction of sp³-hybridized carbons (Fsp3) is 0.684. The first-order chi connectivity index (χ1) is 12.3. The van der Waals surface area contributed by atoms with Crippen molar-refractivity contribution in [3.05, 3.63) is 17.7 Å². The maximum Gasteiger partial charge on any atom is 0.203 e. The lowest BCUT2D eigenvalue weighted by atomic mass is 9.94. The molecule has 26 heavy (non-hydrogen) atoms. The molecule has 0 amide bonds. The molecule has 0 aromatic heterocycles. The minimum Gasteiger partial charge on any atom is -0.493 e. The largest absolute Gasteiger partial charge is 0.493 e. The van der Waals surface area contributed by atoms with Crippen molar-refractivity contribution >= 4 is 12.4 Å².